The molecule has 0 radical (unpaired) electrons. The van der Waals surface area contributed by atoms with Gasteiger partial charge in [-0.1, -0.05) is 0 Å². The Balaban J connectivity index is 3.84. The molecule has 0 saturated heterocycles. The number of carbonyl (C=O) groups is 4. The number of ether oxygens (including phenoxy) is 2. The fraction of sp³-hybridized carbons (Fsp3) is 0.556. The maximum absolute atomic E-state index is 11.1. The summed E-state index contributed by atoms with van der Waals surface area (Å²) in [5, 5.41) is 16.5. The molecule has 0 spiro atoms. The number of rotatable bonds is 8. The molecule has 1 atom stereocenters. The van der Waals surface area contributed by atoms with Gasteiger partial charge in [0.1, 0.15) is 6.04 Å². The minimum absolute atomic E-state index is 0.128. The van der Waals surface area contributed by atoms with E-state index in [-0.39, 0.29) is 12.8 Å². The lowest BCUT2D eigenvalue weighted by Crippen LogP contribution is -2.34. The summed E-state index contributed by atoms with van der Waals surface area (Å²) in [7, 11) is 0. The number of carboxylic acid groups (broad SMARTS) is 2. The number of hydrogen-bond acceptors (Lipinski definition) is 7. The highest BCUT2D eigenvalue weighted by Crippen LogP contribution is 1.99. The maximum Gasteiger partial charge on any atom is 0.341 e. The van der Waals surface area contributed by atoms with Crippen LogP contribution in [0, 0.1) is 0 Å². The fourth-order valence-electron chi connectivity index (χ4n) is 0.846. The molecule has 0 aliphatic carbocycles. The van der Waals surface area contributed by atoms with E-state index in [1.807, 2.05) is 0 Å². The molecule has 0 heterocycles. The third-order valence-electron chi connectivity index (χ3n) is 1.66. The Labute approximate surface area is 101 Å². The monoisotopic (exact) mass is 263 g/mol. The Morgan fingerprint density at radius 1 is 1.00 bits per heavy atom. The molecule has 0 unspecified atom stereocenters. The van der Waals surface area contributed by atoms with Gasteiger partial charge in [0, 0.05) is 6.42 Å². The van der Waals surface area contributed by atoms with E-state index >= 15 is 0 Å². The number of esters is 2. The van der Waals surface area contributed by atoms with Crippen molar-refractivity contribution in [1.82, 2.24) is 0 Å². The van der Waals surface area contributed by atoms with Gasteiger partial charge in [-0.2, -0.15) is 0 Å². The SMILES string of the molecule is N[C@@H](CCC(=O)OCC(=O)O)C(=O)OCC(=O)O. The zero-order valence-corrected chi connectivity index (χ0v) is 9.33. The molecule has 102 valence electrons. The van der Waals surface area contributed by atoms with Crippen LogP contribution in [-0.4, -0.2) is 53.3 Å². The van der Waals surface area contributed by atoms with Gasteiger partial charge in [-0.15, -0.1) is 0 Å². The molecule has 9 nitrogen and oxygen atoms in total. The van der Waals surface area contributed by atoms with Gasteiger partial charge in [-0.05, 0) is 6.42 Å². The van der Waals surface area contributed by atoms with Crippen LogP contribution in [0.25, 0.3) is 0 Å². The van der Waals surface area contributed by atoms with E-state index in [9.17, 15) is 19.2 Å². The summed E-state index contributed by atoms with van der Waals surface area (Å²) < 4.78 is 8.58. The zero-order chi connectivity index (χ0) is 14.1. The van der Waals surface area contributed by atoms with Crippen LogP contribution in [0.3, 0.4) is 0 Å². The lowest BCUT2D eigenvalue weighted by Gasteiger charge is -2.09. The van der Waals surface area contributed by atoms with Crippen LogP contribution >= 0.6 is 0 Å². The first-order valence-corrected chi connectivity index (χ1v) is 4.84. The summed E-state index contributed by atoms with van der Waals surface area (Å²) in [4.78, 5) is 42.2. The topological polar surface area (TPSA) is 153 Å². The van der Waals surface area contributed by atoms with E-state index in [0.717, 1.165) is 0 Å². The summed E-state index contributed by atoms with van der Waals surface area (Å²) in [6.07, 6.45) is -0.395. The Hall–Kier alpha value is -2.16. The average molecular weight is 263 g/mol. The van der Waals surface area contributed by atoms with Gasteiger partial charge < -0.3 is 25.4 Å². The lowest BCUT2D eigenvalue weighted by molar-refractivity contribution is -0.157. The summed E-state index contributed by atoms with van der Waals surface area (Å²) in [6, 6.07) is -1.17. The average Bonchev–Trinajstić information content (AvgIpc) is 2.30. The van der Waals surface area contributed by atoms with Crippen molar-refractivity contribution in [2.45, 2.75) is 18.9 Å². The molecule has 0 amide bonds. The highest BCUT2D eigenvalue weighted by molar-refractivity contribution is 5.80. The van der Waals surface area contributed by atoms with Crippen molar-refractivity contribution >= 4 is 23.9 Å². The van der Waals surface area contributed by atoms with Crippen LogP contribution < -0.4 is 5.73 Å². The molecular weight excluding hydrogens is 250 g/mol. The van der Waals surface area contributed by atoms with Gasteiger partial charge in [0.05, 0.1) is 0 Å². The second-order valence-corrected chi connectivity index (χ2v) is 3.20. The van der Waals surface area contributed by atoms with E-state index < -0.39 is 43.1 Å². The number of carboxylic acids is 2. The van der Waals surface area contributed by atoms with Crippen molar-refractivity contribution in [3.05, 3.63) is 0 Å². The zero-order valence-electron chi connectivity index (χ0n) is 9.33. The maximum atomic E-state index is 11.1. The Kier molecular flexibility index (Phi) is 7.05. The van der Waals surface area contributed by atoms with E-state index in [2.05, 4.69) is 9.47 Å². The van der Waals surface area contributed by atoms with Gasteiger partial charge >= 0.3 is 23.9 Å². The molecule has 18 heavy (non-hydrogen) atoms. The molecule has 0 aromatic carbocycles. The summed E-state index contributed by atoms with van der Waals surface area (Å²) in [5.41, 5.74) is 5.32. The van der Waals surface area contributed by atoms with E-state index in [4.69, 9.17) is 15.9 Å². The van der Waals surface area contributed by atoms with Crippen LogP contribution in [0.2, 0.25) is 0 Å². The smallest absolute Gasteiger partial charge is 0.341 e. The molecular formula is C9H13NO8. The summed E-state index contributed by atoms with van der Waals surface area (Å²) in [6.45, 7) is -1.58. The minimum Gasteiger partial charge on any atom is -0.479 e. The van der Waals surface area contributed by atoms with Crippen LogP contribution in [0.4, 0.5) is 0 Å². The van der Waals surface area contributed by atoms with Crippen molar-refractivity contribution in [3.8, 4) is 0 Å². The van der Waals surface area contributed by atoms with Crippen molar-refractivity contribution in [1.29, 1.82) is 0 Å². The molecule has 0 fully saturated rings. The molecule has 4 N–H and O–H groups in total. The van der Waals surface area contributed by atoms with Crippen LogP contribution in [0.1, 0.15) is 12.8 Å². The normalized spacial score (nSPS) is 11.4. The number of carbonyl (C=O) groups excluding carboxylic acids is 2. The number of aliphatic carboxylic acids is 2. The molecule has 0 aliphatic heterocycles. The molecule has 0 bridgehead atoms. The Bertz CT molecular complexity index is 339. The standard InChI is InChI=1S/C9H13NO8/c10-5(9(16)18-4-7(13)14)1-2-8(15)17-3-6(11)12/h5H,1-4,10H2,(H,11,12)(H,13,14)/t5-/m0/s1. The third kappa shape index (κ3) is 8.05. The second-order valence-electron chi connectivity index (χ2n) is 3.20. The number of hydrogen-bond donors (Lipinski definition) is 3. The van der Waals surface area contributed by atoms with Gasteiger partial charge in [0.2, 0.25) is 0 Å². The minimum atomic E-state index is -1.32. The molecule has 9 heteroatoms. The molecule has 0 aliphatic rings. The van der Waals surface area contributed by atoms with Gasteiger partial charge in [-0.25, -0.2) is 9.59 Å². The van der Waals surface area contributed by atoms with Gasteiger partial charge in [0.15, 0.2) is 13.2 Å². The van der Waals surface area contributed by atoms with E-state index in [1.54, 1.807) is 0 Å². The Morgan fingerprint density at radius 2 is 1.50 bits per heavy atom. The van der Waals surface area contributed by atoms with Crippen molar-refractivity contribution in [2.75, 3.05) is 13.2 Å². The van der Waals surface area contributed by atoms with Crippen molar-refractivity contribution < 1.29 is 38.9 Å². The molecule has 0 rings (SSSR count). The van der Waals surface area contributed by atoms with Crippen LogP contribution in [0.5, 0.6) is 0 Å². The first kappa shape index (κ1) is 15.8. The van der Waals surface area contributed by atoms with Crippen molar-refractivity contribution in [2.24, 2.45) is 5.73 Å². The highest BCUT2D eigenvalue weighted by Gasteiger charge is 2.18. The first-order chi connectivity index (χ1) is 8.32. The molecule has 0 saturated carbocycles. The lowest BCUT2D eigenvalue weighted by atomic mass is 10.2. The first-order valence-electron chi connectivity index (χ1n) is 4.84. The molecule has 0 aromatic rings. The molecule has 0 aromatic heterocycles. The predicted octanol–water partition coefficient (Wildman–Crippen LogP) is -1.65. The van der Waals surface area contributed by atoms with Gasteiger partial charge in [0.25, 0.3) is 0 Å². The largest absolute Gasteiger partial charge is 0.479 e. The van der Waals surface area contributed by atoms with Gasteiger partial charge in [-0.3, -0.25) is 9.59 Å². The third-order valence-corrected chi connectivity index (χ3v) is 1.66. The van der Waals surface area contributed by atoms with E-state index in [1.165, 1.54) is 0 Å². The summed E-state index contributed by atoms with van der Waals surface area (Å²) >= 11 is 0. The fourth-order valence-corrected chi connectivity index (χ4v) is 0.846. The van der Waals surface area contributed by atoms with Crippen LogP contribution in [0.15, 0.2) is 0 Å². The quantitative estimate of drug-likeness (QED) is 0.437. The number of nitrogens with two attached hydrogens (primary N) is 1. The second kappa shape index (κ2) is 8.01. The Morgan fingerprint density at radius 3 is 2.00 bits per heavy atom. The van der Waals surface area contributed by atoms with Crippen molar-refractivity contribution in [3.63, 3.8) is 0 Å². The van der Waals surface area contributed by atoms with Crippen LogP contribution in [-0.2, 0) is 28.7 Å². The highest BCUT2D eigenvalue weighted by atomic mass is 16.6. The van der Waals surface area contributed by atoms with E-state index in [0.29, 0.717) is 0 Å². The predicted molar refractivity (Wildman–Crippen MR) is 54.4 cm³/mol. The summed E-state index contributed by atoms with van der Waals surface area (Å²) in [5.74, 6) is -4.40.